The Morgan fingerprint density at radius 3 is 2.82 bits per heavy atom. The SMILES string of the molecule is CCCC(CN)C(=O)Nc1ccc(Cl)cc1Br. The van der Waals surface area contributed by atoms with Crippen LogP contribution in [0.3, 0.4) is 0 Å². The zero-order valence-electron chi connectivity index (χ0n) is 9.67. The largest absolute Gasteiger partial charge is 0.330 e. The molecule has 0 saturated heterocycles. The summed E-state index contributed by atoms with van der Waals surface area (Å²) in [6.07, 6.45) is 1.74. The van der Waals surface area contributed by atoms with Gasteiger partial charge in [0.2, 0.25) is 5.91 Å². The molecule has 1 unspecified atom stereocenters. The number of carbonyl (C=O) groups excluding carboxylic acids is 1. The van der Waals surface area contributed by atoms with Gasteiger partial charge in [-0.25, -0.2) is 0 Å². The molecule has 17 heavy (non-hydrogen) atoms. The van der Waals surface area contributed by atoms with E-state index in [9.17, 15) is 4.79 Å². The zero-order chi connectivity index (χ0) is 12.8. The van der Waals surface area contributed by atoms with Crippen molar-refractivity contribution in [2.24, 2.45) is 11.7 Å². The average Bonchev–Trinajstić information content (AvgIpc) is 2.29. The van der Waals surface area contributed by atoms with E-state index in [0.29, 0.717) is 17.3 Å². The summed E-state index contributed by atoms with van der Waals surface area (Å²) < 4.78 is 0.769. The number of halogens is 2. The van der Waals surface area contributed by atoms with Crippen molar-refractivity contribution in [3.63, 3.8) is 0 Å². The van der Waals surface area contributed by atoms with E-state index in [0.717, 1.165) is 17.3 Å². The first-order valence-corrected chi connectivity index (χ1v) is 6.71. The number of anilines is 1. The Morgan fingerprint density at radius 1 is 1.59 bits per heavy atom. The monoisotopic (exact) mass is 318 g/mol. The zero-order valence-corrected chi connectivity index (χ0v) is 12.0. The number of benzene rings is 1. The third-order valence-electron chi connectivity index (χ3n) is 2.48. The second-order valence-corrected chi connectivity index (χ2v) is 5.13. The summed E-state index contributed by atoms with van der Waals surface area (Å²) in [5, 5.41) is 3.47. The first kappa shape index (κ1) is 14.5. The Balaban J connectivity index is 2.73. The van der Waals surface area contributed by atoms with Crippen molar-refractivity contribution >= 4 is 39.1 Å². The molecule has 1 aromatic carbocycles. The normalized spacial score (nSPS) is 12.2. The van der Waals surface area contributed by atoms with Gasteiger partial charge in [-0.15, -0.1) is 0 Å². The van der Waals surface area contributed by atoms with Gasteiger partial charge in [-0.1, -0.05) is 24.9 Å². The summed E-state index contributed by atoms with van der Waals surface area (Å²) in [5.41, 5.74) is 6.30. The minimum atomic E-state index is -0.137. The summed E-state index contributed by atoms with van der Waals surface area (Å²) in [6, 6.07) is 5.25. The topological polar surface area (TPSA) is 55.1 Å². The predicted molar refractivity (Wildman–Crippen MR) is 75.2 cm³/mol. The fraction of sp³-hybridized carbons (Fsp3) is 0.417. The summed E-state index contributed by atoms with van der Waals surface area (Å²) in [7, 11) is 0. The molecule has 1 atom stereocenters. The van der Waals surface area contributed by atoms with Crippen LogP contribution in [0.5, 0.6) is 0 Å². The molecule has 1 rings (SSSR count). The molecule has 1 aromatic rings. The van der Waals surface area contributed by atoms with Gasteiger partial charge < -0.3 is 11.1 Å². The lowest BCUT2D eigenvalue weighted by atomic mass is 10.0. The van der Waals surface area contributed by atoms with E-state index >= 15 is 0 Å². The minimum absolute atomic E-state index is 0.0441. The van der Waals surface area contributed by atoms with Crippen molar-refractivity contribution in [2.75, 3.05) is 11.9 Å². The van der Waals surface area contributed by atoms with Crippen molar-refractivity contribution in [3.8, 4) is 0 Å². The maximum Gasteiger partial charge on any atom is 0.228 e. The first-order valence-electron chi connectivity index (χ1n) is 5.54. The van der Waals surface area contributed by atoms with Crippen molar-refractivity contribution in [1.82, 2.24) is 0 Å². The smallest absolute Gasteiger partial charge is 0.228 e. The van der Waals surface area contributed by atoms with Gasteiger partial charge >= 0.3 is 0 Å². The molecule has 0 bridgehead atoms. The lowest BCUT2D eigenvalue weighted by Gasteiger charge is -2.14. The highest BCUT2D eigenvalue weighted by Gasteiger charge is 2.16. The van der Waals surface area contributed by atoms with E-state index in [1.807, 2.05) is 6.92 Å². The van der Waals surface area contributed by atoms with Crippen LogP contribution in [0.1, 0.15) is 19.8 Å². The van der Waals surface area contributed by atoms with Gasteiger partial charge in [0.25, 0.3) is 0 Å². The molecule has 0 heterocycles. The van der Waals surface area contributed by atoms with Gasteiger partial charge in [-0.2, -0.15) is 0 Å². The van der Waals surface area contributed by atoms with Crippen molar-refractivity contribution in [2.45, 2.75) is 19.8 Å². The third kappa shape index (κ3) is 4.30. The average molecular weight is 320 g/mol. The molecular weight excluding hydrogens is 304 g/mol. The Hall–Kier alpha value is -0.580. The van der Waals surface area contributed by atoms with Gasteiger partial charge in [-0.05, 0) is 40.5 Å². The first-order chi connectivity index (χ1) is 8.08. The number of nitrogens with two attached hydrogens (primary N) is 1. The molecule has 3 N–H and O–H groups in total. The second-order valence-electron chi connectivity index (χ2n) is 3.83. The van der Waals surface area contributed by atoms with E-state index in [-0.39, 0.29) is 11.8 Å². The van der Waals surface area contributed by atoms with Crippen LogP contribution in [0.15, 0.2) is 22.7 Å². The van der Waals surface area contributed by atoms with Gasteiger partial charge in [0.1, 0.15) is 0 Å². The second kappa shape index (κ2) is 6.99. The van der Waals surface area contributed by atoms with Crippen LogP contribution in [0, 0.1) is 5.92 Å². The third-order valence-corrected chi connectivity index (χ3v) is 3.37. The maximum atomic E-state index is 11.9. The van der Waals surface area contributed by atoms with Crippen molar-refractivity contribution in [1.29, 1.82) is 0 Å². The molecule has 0 aliphatic rings. The molecule has 0 saturated carbocycles. The van der Waals surface area contributed by atoms with Crippen molar-refractivity contribution in [3.05, 3.63) is 27.7 Å². The lowest BCUT2D eigenvalue weighted by Crippen LogP contribution is -2.29. The van der Waals surface area contributed by atoms with Crippen LogP contribution in [0.25, 0.3) is 0 Å². The molecule has 5 heteroatoms. The number of nitrogens with one attached hydrogen (secondary N) is 1. The van der Waals surface area contributed by atoms with Crippen LogP contribution >= 0.6 is 27.5 Å². The predicted octanol–water partition coefficient (Wildman–Crippen LogP) is 3.42. The molecule has 0 spiro atoms. The van der Waals surface area contributed by atoms with Gasteiger partial charge in [0.15, 0.2) is 0 Å². The number of carbonyl (C=O) groups is 1. The van der Waals surface area contributed by atoms with E-state index in [4.69, 9.17) is 17.3 Å². The van der Waals surface area contributed by atoms with Crippen LogP contribution in [0.2, 0.25) is 5.02 Å². The fourth-order valence-corrected chi connectivity index (χ4v) is 2.31. The molecule has 0 radical (unpaired) electrons. The fourth-order valence-electron chi connectivity index (χ4n) is 1.53. The van der Waals surface area contributed by atoms with E-state index in [2.05, 4.69) is 21.2 Å². The van der Waals surface area contributed by atoms with Crippen LogP contribution in [0.4, 0.5) is 5.69 Å². The molecule has 0 aliphatic heterocycles. The Labute approximate surface area is 115 Å². The number of amides is 1. The van der Waals surface area contributed by atoms with Gasteiger partial charge in [0.05, 0.1) is 11.6 Å². The van der Waals surface area contributed by atoms with E-state index < -0.39 is 0 Å². The highest BCUT2D eigenvalue weighted by molar-refractivity contribution is 9.10. The molecule has 0 aliphatic carbocycles. The highest BCUT2D eigenvalue weighted by atomic mass is 79.9. The van der Waals surface area contributed by atoms with Crippen LogP contribution in [-0.4, -0.2) is 12.5 Å². The van der Waals surface area contributed by atoms with Gasteiger partial charge in [0, 0.05) is 16.0 Å². The minimum Gasteiger partial charge on any atom is -0.330 e. The number of rotatable bonds is 5. The van der Waals surface area contributed by atoms with Crippen LogP contribution in [-0.2, 0) is 4.79 Å². The molecule has 3 nitrogen and oxygen atoms in total. The molecular formula is C12H16BrClN2O. The molecule has 0 fully saturated rings. The number of hydrogen-bond donors (Lipinski definition) is 2. The Morgan fingerprint density at radius 2 is 2.29 bits per heavy atom. The Kier molecular flexibility index (Phi) is 5.95. The quantitative estimate of drug-likeness (QED) is 0.873. The van der Waals surface area contributed by atoms with Crippen molar-refractivity contribution < 1.29 is 4.79 Å². The molecule has 0 aromatic heterocycles. The van der Waals surface area contributed by atoms with E-state index in [1.165, 1.54) is 0 Å². The van der Waals surface area contributed by atoms with Crippen LogP contribution < -0.4 is 11.1 Å². The summed E-state index contributed by atoms with van der Waals surface area (Å²) in [6.45, 7) is 2.40. The summed E-state index contributed by atoms with van der Waals surface area (Å²) in [5.74, 6) is -0.181. The highest BCUT2D eigenvalue weighted by Crippen LogP contribution is 2.26. The summed E-state index contributed by atoms with van der Waals surface area (Å²) >= 11 is 9.19. The molecule has 94 valence electrons. The molecule has 1 amide bonds. The Bertz CT molecular complexity index is 398. The lowest BCUT2D eigenvalue weighted by molar-refractivity contribution is -0.119. The standard InChI is InChI=1S/C12H16BrClN2O/c1-2-3-8(7-15)12(17)16-11-5-4-9(14)6-10(11)13/h4-6,8H,2-3,7,15H2,1H3,(H,16,17). The van der Waals surface area contributed by atoms with Gasteiger partial charge in [-0.3, -0.25) is 4.79 Å². The number of hydrogen-bond acceptors (Lipinski definition) is 2. The maximum absolute atomic E-state index is 11.9. The van der Waals surface area contributed by atoms with E-state index in [1.54, 1.807) is 18.2 Å². The summed E-state index contributed by atoms with van der Waals surface area (Å²) in [4.78, 5) is 11.9.